The first kappa shape index (κ1) is 21.5. The number of aromatic nitrogens is 3. The molecule has 0 radical (unpaired) electrons. The summed E-state index contributed by atoms with van der Waals surface area (Å²) in [6.45, 7) is 4.38. The second kappa shape index (κ2) is 8.55. The van der Waals surface area contributed by atoms with Gasteiger partial charge in [-0.25, -0.2) is 0 Å². The van der Waals surface area contributed by atoms with Crippen LogP contribution in [0.2, 0.25) is 0 Å². The highest BCUT2D eigenvalue weighted by atomic mass is 16.5. The minimum Gasteiger partial charge on any atom is -0.487 e. The number of carbonyl (C=O) groups is 1. The van der Waals surface area contributed by atoms with E-state index in [-0.39, 0.29) is 25.1 Å². The molecule has 0 fully saturated rings. The summed E-state index contributed by atoms with van der Waals surface area (Å²) in [5.74, 6) is -0.358. The first-order valence-corrected chi connectivity index (χ1v) is 11.0. The Morgan fingerprint density at radius 1 is 1.12 bits per heavy atom. The average Bonchev–Trinajstić information content (AvgIpc) is 3.36. The lowest BCUT2D eigenvalue weighted by Crippen LogP contribution is -2.06. The molecule has 172 valence electrons. The third-order valence-corrected chi connectivity index (χ3v) is 5.69. The lowest BCUT2D eigenvalue weighted by molar-refractivity contribution is -0.136. The number of ether oxygens (including phenoxy) is 1. The Labute approximate surface area is 195 Å². The van der Waals surface area contributed by atoms with Crippen LogP contribution in [-0.4, -0.2) is 25.8 Å². The van der Waals surface area contributed by atoms with Crippen LogP contribution in [0.5, 0.6) is 5.75 Å². The van der Waals surface area contributed by atoms with Gasteiger partial charge in [-0.3, -0.25) is 9.48 Å². The molecule has 0 aliphatic carbocycles. The van der Waals surface area contributed by atoms with E-state index in [9.17, 15) is 9.90 Å². The summed E-state index contributed by atoms with van der Waals surface area (Å²) >= 11 is 0. The highest BCUT2D eigenvalue weighted by Gasteiger charge is 2.16. The van der Waals surface area contributed by atoms with E-state index in [1.807, 2.05) is 28.9 Å². The van der Waals surface area contributed by atoms with Crippen molar-refractivity contribution in [2.24, 2.45) is 0 Å². The Hall–Kier alpha value is -4.33. The van der Waals surface area contributed by atoms with Crippen molar-refractivity contribution in [3.8, 4) is 16.9 Å². The van der Waals surface area contributed by atoms with Gasteiger partial charge in [-0.05, 0) is 55.3 Å². The summed E-state index contributed by atoms with van der Waals surface area (Å²) in [4.78, 5) is 15.4. The van der Waals surface area contributed by atoms with E-state index in [4.69, 9.17) is 20.0 Å². The second-order valence-corrected chi connectivity index (χ2v) is 8.42. The summed E-state index contributed by atoms with van der Waals surface area (Å²) in [5.41, 5.74) is 11.4. The van der Waals surface area contributed by atoms with Crippen LogP contribution in [0.3, 0.4) is 0 Å². The molecule has 2 aromatic heterocycles. The number of anilines is 1. The summed E-state index contributed by atoms with van der Waals surface area (Å²) in [6, 6.07) is 19.5. The van der Waals surface area contributed by atoms with Gasteiger partial charge in [0.2, 0.25) is 0 Å². The third-order valence-electron chi connectivity index (χ3n) is 5.69. The molecule has 5 aromatic rings. The van der Waals surface area contributed by atoms with E-state index in [2.05, 4.69) is 37.0 Å². The number of nitrogens with zero attached hydrogens (tertiary/aromatic N) is 3. The van der Waals surface area contributed by atoms with Crippen molar-refractivity contribution in [2.75, 3.05) is 5.73 Å². The molecule has 8 nitrogen and oxygen atoms in total. The van der Waals surface area contributed by atoms with Crippen molar-refractivity contribution in [3.63, 3.8) is 0 Å². The number of hydrogen-bond donors (Lipinski definition) is 2. The van der Waals surface area contributed by atoms with Gasteiger partial charge >= 0.3 is 5.97 Å². The minimum atomic E-state index is -0.902. The zero-order chi connectivity index (χ0) is 23.8. The van der Waals surface area contributed by atoms with Crippen molar-refractivity contribution < 1.29 is 19.1 Å². The SMILES string of the molecule is CC(C)n1nc(COc2ccccc2CC(=O)O)c2cc(-c3ccc4oc(N)nc4c3)ccc21. The highest BCUT2D eigenvalue weighted by Crippen LogP contribution is 2.31. The van der Waals surface area contributed by atoms with E-state index >= 15 is 0 Å². The number of para-hydroxylation sites is 1. The monoisotopic (exact) mass is 456 g/mol. The number of benzene rings is 3. The van der Waals surface area contributed by atoms with Crippen LogP contribution in [0.15, 0.2) is 65.1 Å². The average molecular weight is 457 g/mol. The molecule has 2 heterocycles. The zero-order valence-electron chi connectivity index (χ0n) is 18.9. The Balaban J connectivity index is 1.53. The molecule has 0 unspecified atom stereocenters. The Kier molecular flexibility index (Phi) is 5.41. The first-order chi connectivity index (χ1) is 16.4. The van der Waals surface area contributed by atoms with E-state index in [1.54, 1.807) is 18.2 Å². The zero-order valence-corrected chi connectivity index (χ0v) is 18.9. The van der Waals surface area contributed by atoms with Gasteiger partial charge in [0.1, 0.15) is 23.6 Å². The number of hydrogen-bond acceptors (Lipinski definition) is 6. The van der Waals surface area contributed by atoms with E-state index in [1.165, 1.54) is 0 Å². The number of carboxylic acid groups (broad SMARTS) is 1. The largest absolute Gasteiger partial charge is 0.487 e. The molecule has 0 amide bonds. The standard InChI is InChI=1S/C26H24N4O4/c1-15(2)30-22-9-7-16(17-8-10-24-20(12-17)28-26(27)34-24)11-19(22)21(29-30)14-33-23-6-4-3-5-18(23)13-25(31)32/h3-12,15H,13-14H2,1-2H3,(H2,27,28)(H,31,32). The van der Waals surface area contributed by atoms with E-state index in [0.717, 1.165) is 27.7 Å². The van der Waals surface area contributed by atoms with Crippen LogP contribution in [0.25, 0.3) is 33.1 Å². The molecule has 0 aliphatic rings. The topological polar surface area (TPSA) is 116 Å². The van der Waals surface area contributed by atoms with Gasteiger partial charge in [0, 0.05) is 17.0 Å². The number of aliphatic carboxylic acids is 1. The lowest BCUT2D eigenvalue weighted by Gasteiger charge is -2.09. The third kappa shape index (κ3) is 4.05. The maximum atomic E-state index is 11.2. The first-order valence-electron chi connectivity index (χ1n) is 11.0. The van der Waals surface area contributed by atoms with Crippen LogP contribution in [0, 0.1) is 0 Å². The summed E-state index contributed by atoms with van der Waals surface area (Å²) in [6.07, 6.45) is -0.101. The number of oxazole rings is 1. The van der Waals surface area contributed by atoms with Gasteiger partial charge in [0.25, 0.3) is 6.01 Å². The highest BCUT2D eigenvalue weighted by molar-refractivity contribution is 5.89. The fraction of sp³-hybridized carbons (Fsp3) is 0.192. The van der Waals surface area contributed by atoms with Crippen LogP contribution >= 0.6 is 0 Å². The number of carboxylic acids is 1. The molecular weight excluding hydrogens is 432 g/mol. The van der Waals surface area contributed by atoms with Crippen molar-refractivity contribution >= 4 is 34.0 Å². The number of fused-ring (bicyclic) bond motifs is 2. The molecule has 0 spiro atoms. The molecule has 0 saturated heterocycles. The fourth-order valence-electron chi connectivity index (χ4n) is 4.11. The van der Waals surface area contributed by atoms with Crippen molar-refractivity contribution in [3.05, 3.63) is 71.9 Å². The molecule has 8 heteroatoms. The smallest absolute Gasteiger partial charge is 0.307 e. The molecule has 0 aliphatic heterocycles. The Bertz CT molecular complexity index is 1520. The van der Waals surface area contributed by atoms with Crippen LogP contribution in [0.1, 0.15) is 31.1 Å². The summed E-state index contributed by atoms with van der Waals surface area (Å²) in [7, 11) is 0. The fourth-order valence-corrected chi connectivity index (χ4v) is 4.11. The Morgan fingerprint density at radius 2 is 1.88 bits per heavy atom. The molecule has 34 heavy (non-hydrogen) atoms. The molecule has 0 saturated carbocycles. The van der Waals surface area contributed by atoms with E-state index < -0.39 is 5.97 Å². The van der Waals surface area contributed by atoms with Crippen LogP contribution < -0.4 is 10.5 Å². The van der Waals surface area contributed by atoms with Crippen molar-refractivity contribution in [2.45, 2.75) is 32.9 Å². The van der Waals surface area contributed by atoms with Gasteiger partial charge in [0.05, 0.1) is 11.9 Å². The van der Waals surface area contributed by atoms with Crippen molar-refractivity contribution in [1.29, 1.82) is 0 Å². The van der Waals surface area contributed by atoms with Gasteiger partial charge < -0.3 is 20.0 Å². The van der Waals surface area contributed by atoms with Crippen LogP contribution in [0.4, 0.5) is 6.01 Å². The summed E-state index contributed by atoms with van der Waals surface area (Å²) < 4.78 is 13.4. The molecule has 3 aromatic carbocycles. The molecule has 5 rings (SSSR count). The van der Waals surface area contributed by atoms with E-state index in [0.29, 0.717) is 22.4 Å². The maximum absolute atomic E-state index is 11.2. The number of rotatable bonds is 7. The van der Waals surface area contributed by atoms with Crippen molar-refractivity contribution in [1.82, 2.24) is 14.8 Å². The predicted octanol–water partition coefficient (Wildman–Crippen LogP) is 5.21. The lowest BCUT2D eigenvalue weighted by atomic mass is 10.0. The molecule has 0 bridgehead atoms. The maximum Gasteiger partial charge on any atom is 0.307 e. The normalized spacial score (nSPS) is 11.5. The molecule has 3 N–H and O–H groups in total. The second-order valence-electron chi connectivity index (χ2n) is 8.42. The number of nitrogens with two attached hydrogens (primary N) is 1. The van der Waals surface area contributed by atoms with Gasteiger partial charge in [0.15, 0.2) is 5.58 Å². The minimum absolute atomic E-state index is 0.101. The predicted molar refractivity (Wildman–Crippen MR) is 130 cm³/mol. The van der Waals surface area contributed by atoms with Gasteiger partial charge in [-0.2, -0.15) is 10.1 Å². The van der Waals surface area contributed by atoms with Crippen LogP contribution in [-0.2, 0) is 17.8 Å². The number of nitrogen functional groups attached to an aromatic ring is 1. The molecule has 0 atom stereocenters. The summed E-state index contributed by atoms with van der Waals surface area (Å²) in [5, 5.41) is 15.0. The quantitative estimate of drug-likeness (QED) is 0.345. The molecular formula is C26H24N4O4. The van der Waals surface area contributed by atoms with Gasteiger partial charge in [-0.1, -0.05) is 30.3 Å². The van der Waals surface area contributed by atoms with Gasteiger partial charge in [-0.15, -0.1) is 0 Å². The Morgan fingerprint density at radius 3 is 2.68 bits per heavy atom.